The molecule has 0 radical (unpaired) electrons. The number of aliphatic hydroxyl groups excluding tert-OH is 1. The molecule has 6 nitrogen and oxygen atoms in total. The monoisotopic (exact) mass is 279 g/mol. The van der Waals surface area contributed by atoms with Gasteiger partial charge in [0.1, 0.15) is 12.0 Å². The first kappa shape index (κ1) is 15.9. The third-order valence-electron chi connectivity index (χ3n) is 2.63. The minimum absolute atomic E-state index is 0.0846. The fourth-order valence-corrected chi connectivity index (χ4v) is 1.62. The van der Waals surface area contributed by atoms with E-state index in [-0.39, 0.29) is 18.7 Å². The summed E-state index contributed by atoms with van der Waals surface area (Å²) in [7, 11) is 1.54. The molecule has 0 saturated carbocycles. The summed E-state index contributed by atoms with van der Waals surface area (Å²) in [5.74, 6) is -0.535. The Morgan fingerprint density at radius 1 is 1.40 bits per heavy atom. The van der Waals surface area contributed by atoms with Gasteiger partial charge in [-0.05, 0) is 23.8 Å². The molecule has 0 fully saturated rings. The molecule has 0 spiro atoms. The van der Waals surface area contributed by atoms with Crippen molar-refractivity contribution >= 4 is 18.3 Å². The van der Waals surface area contributed by atoms with Crippen LogP contribution in [0.3, 0.4) is 0 Å². The standard InChI is InChI=1S/C14H17NO5/c1-20-11-4-2-10(3-5-11)8-12(14(18)19)13(9-17)15-6-7-16/h2-5,8-9,13,15-16H,6-7H2,1H3,(H,18,19). The van der Waals surface area contributed by atoms with Crippen molar-refractivity contribution < 1.29 is 24.5 Å². The van der Waals surface area contributed by atoms with Gasteiger partial charge >= 0.3 is 5.97 Å². The second-order valence-electron chi connectivity index (χ2n) is 3.97. The molecule has 0 amide bonds. The highest BCUT2D eigenvalue weighted by Gasteiger charge is 2.19. The van der Waals surface area contributed by atoms with Gasteiger partial charge in [0.2, 0.25) is 0 Å². The molecule has 1 atom stereocenters. The molecule has 6 heteroatoms. The smallest absolute Gasteiger partial charge is 0.333 e. The Balaban J connectivity index is 3.00. The van der Waals surface area contributed by atoms with Crippen molar-refractivity contribution in [3.63, 3.8) is 0 Å². The van der Waals surface area contributed by atoms with Crippen LogP contribution in [0.2, 0.25) is 0 Å². The largest absolute Gasteiger partial charge is 0.497 e. The fraction of sp³-hybridized carbons (Fsp3) is 0.286. The average Bonchev–Trinajstić information content (AvgIpc) is 2.47. The molecule has 1 rings (SSSR count). The average molecular weight is 279 g/mol. The zero-order valence-electron chi connectivity index (χ0n) is 11.1. The van der Waals surface area contributed by atoms with Gasteiger partial charge in [0, 0.05) is 6.54 Å². The third kappa shape index (κ3) is 4.49. The van der Waals surface area contributed by atoms with E-state index in [1.807, 2.05) is 0 Å². The Morgan fingerprint density at radius 2 is 2.05 bits per heavy atom. The van der Waals surface area contributed by atoms with Crippen LogP contribution in [0.4, 0.5) is 0 Å². The number of hydrogen-bond donors (Lipinski definition) is 3. The van der Waals surface area contributed by atoms with E-state index in [4.69, 9.17) is 9.84 Å². The maximum atomic E-state index is 11.2. The number of rotatable bonds is 8. The zero-order valence-corrected chi connectivity index (χ0v) is 11.1. The van der Waals surface area contributed by atoms with Crippen molar-refractivity contribution in [2.75, 3.05) is 20.3 Å². The van der Waals surface area contributed by atoms with Crippen LogP contribution in [0.15, 0.2) is 29.8 Å². The highest BCUT2D eigenvalue weighted by molar-refractivity contribution is 5.97. The quantitative estimate of drug-likeness (QED) is 0.468. The summed E-state index contributed by atoms with van der Waals surface area (Å²) in [5.41, 5.74) is 0.555. The number of aliphatic carboxylic acids is 1. The molecule has 1 unspecified atom stereocenters. The number of carboxylic acid groups (broad SMARTS) is 1. The molecule has 20 heavy (non-hydrogen) atoms. The maximum Gasteiger partial charge on any atom is 0.333 e. The second kappa shape index (κ2) is 8.08. The summed E-state index contributed by atoms with van der Waals surface area (Å²) in [5, 5.41) is 20.6. The van der Waals surface area contributed by atoms with Crippen LogP contribution < -0.4 is 10.1 Å². The summed E-state index contributed by atoms with van der Waals surface area (Å²) in [6, 6.07) is 5.80. The van der Waals surface area contributed by atoms with Gasteiger partial charge in [-0.25, -0.2) is 4.79 Å². The summed E-state index contributed by atoms with van der Waals surface area (Å²) in [6.45, 7) is -0.0452. The molecule has 0 aromatic heterocycles. The first-order valence-electron chi connectivity index (χ1n) is 6.00. The number of hydrogen-bond acceptors (Lipinski definition) is 5. The lowest BCUT2D eigenvalue weighted by Crippen LogP contribution is -2.36. The van der Waals surface area contributed by atoms with E-state index in [0.717, 1.165) is 0 Å². The minimum atomic E-state index is -1.19. The molecular formula is C14H17NO5. The van der Waals surface area contributed by atoms with Crippen LogP contribution in [0.25, 0.3) is 6.08 Å². The van der Waals surface area contributed by atoms with Crippen LogP contribution in [0, 0.1) is 0 Å². The van der Waals surface area contributed by atoms with Crippen LogP contribution in [0.5, 0.6) is 5.75 Å². The topological polar surface area (TPSA) is 95.9 Å². The highest BCUT2D eigenvalue weighted by Crippen LogP contribution is 2.15. The minimum Gasteiger partial charge on any atom is -0.497 e. The third-order valence-corrected chi connectivity index (χ3v) is 2.63. The second-order valence-corrected chi connectivity index (χ2v) is 3.97. The van der Waals surface area contributed by atoms with E-state index < -0.39 is 12.0 Å². The number of aldehydes is 1. The van der Waals surface area contributed by atoms with Gasteiger partial charge in [-0.1, -0.05) is 12.1 Å². The van der Waals surface area contributed by atoms with Crippen molar-refractivity contribution in [1.82, 2.24) is 5.32 Å². The van der Waals surface area contributed by atoms with E-state index in [1.54, 1.807) is 24.3 Å². The number of nitrogens with one attached hydrogen (secondary N) is 1. The first-order valence-corrected chi connectivity index (χ1v) is 6.00. The summed E-state index contributed by atoms with van der Waals surface area (Å²) in [6.07, 6.45) is 1.91. The first-order chi connectivity index (χ1) is 9.62. The van der Waals surface area contributed by atoms with Gasteiger partial charge in [-0.2, -0.15) is 0 Å². The van der Waals surface area contributed by atoms with Crippen LogP contribution in [-0.4, -0.2) is 48.8 Å². The van der Waals surface area contributed by atoms with Gasteiger partial charge < -0.3 is 25.1 Å². The SMILES string of the molecule is COc1ccc(C=C(C(=O)O)C(C=O)NCCO)cc1. The van der Waals surface area contributed by atoms with Crippen molar-refractivity contribution in [2.45, 2.75) is 6.04 Å². The molecule has 0 bridgehead atoms. The normalized spacial score (nSPS) is 12.8. The number of carbonyl (C=O) groups is 2. The number of ether oxygens (including phenoxy) is 1. The highest BCUT2D eigenvalue weighted by atomic mass is 16.5. The number of carbonyl (C=O) groups excluding carboxylic acids is 1. The van der Waals surface area contributed by atoms with Crippen molar-refractivity contribution in [2.24, 2.45) is 0 Å². The van der Waals surface area contributed by atoms with E-state index in [2.05, 4.69) is 5.32 Å². The van der Waals surface area contributed by atoms with Crippen molar-refractivity contribution in [3.8, 4) is 5.75 Å². The van der Waals surface area contributed by atoms with Crippen LogP contribution in [0.1, 0.15) is 5.56 Å². The predicted molar refractivity (Wildman–Crippen MR) is 73.5 cm³/mol. The number of benzene rings is 1. The lowest BCUT2D eigenvalue weighted by atomic mass is 10.0. The van der Waals surface area contributed by atoms with Crippen LogP contribution in [-0.2, 0) is 9.59 Å². The lowest BCUT2D eigenvalue weighted by Gasteiger charge is -2.12. The zero-order chi connectivity index (χ0) is 15.0. The Labute approximate surface area is 116 Å². The Hall–Kier alpha value is -2.18. The van der Waals surface area contributed by atoms with Gasteiger partial charge in [0.25, 0.3) is 0 Å². The van der Waals surface area contributed by atoms with Gasteiger partial charge in [0.15, 0.2) is 0 Å². The molecule has 0 heterocycles. The number of carboxylic acids is 1. The molecule has 108 valence electrons. The Kier molecular flexibility index (Phi) is 6.42. The molecular weight excluding hydrogens is 262 g/mol. The van der Waals surface area contributed by atoms with Gasteiger partial charge in [-0.15, -0.1) is 0 Å². The van der Waals surface area contributed by atoms with Crippen molar-refractivity contribution in [3.05, 3.63) is 35.4 Å². The van der Waals surface area contributed by atoms with Crippen molar-refractivity contribution in [1.29, 1.82) is 0 Å². The Bertz CT molecular complexity index is 481. The summed E-state index contributed by atoms with van der Waals surface area (Å²) in [4.78, 5) is 22.2. The van der Waals surface area contributed by atoms with Gasteiger partial charge in [0.05, 0.1) is 25.3 Å². The van der Waals surface area contributed by atoms with E-state index in [1.165, 1.54) is 13.2 Å². The lowest BCUT2D eigenvalue weighted by molar-refractivity contribution is -0.133. The molecule has 0 saturated heterocycles. The summed E-state index contributed by atoms with van der Waals surface area (Å²) < 4.78 is 5.01. The molecule has 0 aliphatic carbocycles. The van der Waals surface area contributed by atoms with E-state index in [0.29, 0.717) is 17.6 Å². The van der Waals surface area contributed by atoms with E-state index >= 15 is 0 Å². The fourth-order valence-electron chi connectivity index (χ4n) is 1.62. The van der Waals surface area contributed by atoms with E-state index in [9.17, 15) is 14.7 Å². The molecule has 1 aromatic rings. The molecule has 0 aliphatic heterocycles. The summed E-state index contributed by atoms with van der Waals surface area (Å²) >= 11 is 0. The Morgan fingerprint density at radius 3 is 2.50 bits per heavy atom. The molecule has 3 N–H and O–H groups in total. The predicted octanol–water partition coefficient (Wildman–Crippen LogP) is 0.313. The molecule has 0 aliphatic rings. The maximum absolute atomic E-state index is 11.2. The number of methoxy groups -OCH3 is 1. The molecule has 1 aromatic carbocycles. The number of aliphatic hydroxyl groups is 1. The van der Waals surface area contributed by atoms with Gasteiger partial charge in [-0.3, -0.25) is 0 Å². The van der Waals surface area contributed by atoms with Crippen LogP contribution >= 0.6 is 0 Å².